The van der Waals surface area contributed by atoms with Crippen LogP contribution < -0.4 is 0 Å². The van der Waals surface area contributed by atoms with E-state index in [1.165, 1.54) is 70.6 Å². The molecule has 0 aliphatic heterocycles. The lowest BCUT2D eigenvalue weighted by molar-refractivity contribution is -0.120. The highest BCUT2D eigenvalue weighted by Crippen LogP contribution is 2.68. The Hall–Kier alpha value is -0.0400. The third-order valence-corrected chi connectivity index (χ3v) is 11.4. The monoisotopic (exact) mass is 402 g/mol. The Labute approximate surface area is 181 Å². The molecule has 168 valence electrons. The molecule has 0 spiro atoms. The van der Waals surface area contributed by atoms with Crippen LogP contribution in [-0.4, -0.2) is 11.7 Å². The number of hydrogen-bond donors (Lipinski definition) is 1. The van der Waals surface area contributed by atoms with Gasteiger partial charge in [0.25, 0.3) is 0 Å². The second-order valence-corrected chi connectivity index (χ2v) is 13.0. The van der Waals surface area contributed by atoms with Gasteiger partial charge in [0.1, 0.15) is 0 Å². The summed E-state index contributed by atoms with van der Waals surface area (Å²) in [6.07, 6.45) is 17.6. The SMILES string of the molecule is CC(CO)CCC[C@@H](C)[C@H]1CC[C@H]2[C@@H]3CCC4CC(C)CC[C@]4(C)[C@H]3CC[C@]12C. The van der Waals surface area contributed by atoms with Crippen molar-refractivity contribution in [3.05, 3.63) is 0 Å². The first kappa shape index (κ1) is 22.2. The van der Waals surface area contributed by atoms with E-state index in [9.17, 15) is 5.11 Å². The Balaban J connectivity index is 1.43. The molecule has 4 fully saturated rings. The van der Waals surface area contributed by atoms with Gasteiger partial charge in [-0.25, -0.2) is 0 Å². The van der Waals surface area contributed by atoms with Crippen LogP contribution in [0, 0.1) is 58.2 Å². The minimum Gasteiger partial charge on any atom is -0.396 e. The molecule has 0 aromatic heterocycles. The van der Waals surface area contributed by atoms with Crippen molar-refractivity contribution in [1.82, 2.24) is 0 Å². The Kier molecular flexibility index (Phi) is 6.48. The highest BCUT2D eigenvalue weighted by molar-refractivity contribution is 5.09. The Morgan fingerprint density at radius 3 is 2.34 bits per heavy atom. The first-order valence-corrected chi connectivity index (χ1v) is 13.4. The van der Waals surface area contributed by atoms with E-state index in [2.05, 4.69) is 34.6 Å². The average Bonchev–Trinajstić information content (AvgIpc) is 3.05. The van der Waals surface area contributed by atoms with Gasteiger partial charge in [-0.2, -0.15) is 0 Å². The van der Waals surface area contributed by atoms with Crippen molar-refractivity contribution in [1.29, 1.82) is 0 Å². The van der Waals surface area contributed by atoms with E-state index in [0.29, 0.717) is 23.4 Å². The number of aliphatic hydroxyl groups excluding tert-OH is 1. The zero-order valence-corrected chi connectivity index (χ0v) is 20.3. The van der Waals surface area contributed by atoms with Crippen LogP contribution in [0.1, 0.15) is 112 Å². The molecule has 0 radical (unpaired) electrons. The first-order chi connectivity index (χ1) is 13.8. The van der Waals surface area contributed by atoms with Gasteiger partial charge in [-0.05, 0) is 116 Å². The lowest BCUT2D eigenvalue weighted by atomic mass is 9.44. The zero-order valence-electron chi connectivity index (χ0n) is 20.3. The Morgan fingerprint density at radius 1 is 0.862 bits per heavy atom. The zero-order chi connectivity index (χ0) is 20.8. The molecular weight excluding hydrogens is 352 g/mol. The van der Waals surface area contributed by atoms with Crippen LogP contribution in [0.2, 0.25) is 0 Å². The van der Waals surface area contributed by atoms with Crippen LogP contribution in [0.25, 0.3) is 0 Å². The second kappa shape index (κ2) is 8.48. The molecule has 0 heterocycles. The number of rotatable bonds is 6. The van der Waals surface area contributed by atoms with E-state index in [4.69, 9.17) is 0 Å². The highest BCUT2D eigenvalue weighted by Gasteiger charge is 2.60. The molecular formula is C28H50O. The molecule has 4 aliphatic rings. The Morgan fingerprint density at radius 2 is 1.59 bits per heavy atom. The number of fused-ring (bicyclic) bond motifs is 5. The number of aliphatic hydroxyl groups is 1. The van der Waals surface area contributed by atoms with Crippen molar-refractivity contribution in [2.75, 3.05) is 6.61 Å². The van der Waals surface area contributed by atoms with Gasteiger partial charge < -0.3 is 5.11 Å². The largest absolute Gasteiger partial charge is 0.396 e. The van der Waals surface area contributed by atoms with Crippen molar-refractivity contribution in [3.8, 4) is 0 Å². The minimum absolute atomic E-state index is 0.360. The fourth-order valence-electron chi connectivity index (χ4n) is 9.53. The summed E-state index contributed by atoms with van der Waals surface area (Å²) < 4.78 is 0. The van der Waals surface area contributed by atoms with Crippen molar-refractivity contribution in [2.45, 2.75) is 112 Å². The summed E-state index contributed by atoms with van der Waals surface area (Å²) in [5.41, 5.74) is 1.29. The van der Waals surface area contributed by atoms with Gasteiger partial charge in [-0.3, -0.25) is 0 Å². The van der Waals surface area contributed by atoms with E-state index < -0.39 is 0 Å². The van der Waals surface area contributed by atoms with Gasteiger partial charge in [-0.1, -0.05) is 53.9 Å². The molecule has 0 saturated heterocycles. The van der Waals surface area contributed by atoms with Gasteiger partial charge in [0.15, 0.2) is 0 Å². The van der Waals surface area contributed by atoms with Crippen LogP contribution in [-0.2, 0) is 0 Å². The molecule has 1 nitrogen and oxygen atoms in total. The maximum Gasteiger partial charge on any atom is 0.0456 e. The smallest absolute Gasteiger partial charge is 0.0456 e. The Bertz CT molecular complexity index is 557. The van der Waals surface area contributed by atoms with E-state index in [1.807, 2.05) is 0 Å². The molecule has 4 rings (SSSR count). The first-order valence-electron chi connectivity index (χ1n) is 13.4. The molecule has 4 saturated carbocycles. The van der Waals surface area contributed by atoms with E-state index in [1.54, 1.807) is 6.42 Å². The van der Waals surface area contributed by atoms with Gasteiger partial charge >= 0.3 is 0 Å². The van der Waals surface area contributed by atoms with Crippen LogP contribution in [0.15, 0.2) is 0 Å². The van der Waals surface area contributed by atoms with Crippen LogP contribution >= 0.6 is 0 Å². The van der Waals surface area contributed by atoms with E-state index in [0.717, 1.165) is 41.4 Å². The van der Waals surface area contributed by atoms with Crippen LogP contribution in [0.5, 0.6) is 0 Å². The summed E-state index contributed by atoms with van der Waals surface area (Å²) in [5.74, 6) is 7.40. The van der Waals surface area contributed by atoms with Crippen molar-refractivity contribution >= 4 is 0 Å². The lowest BCUT2D eigenvalue weighted by Crippen LogP contribution is -2.53. The molecule has 10 atom stereocenters. The molecule has 1 heteroatoms. The lowest BCUT2D eigenvalue weighted by Gasteiger charge is -2.61. The van der Waals surface area contributed by atoms with Crippen LogP contribution in [0.3, 0.4) is 0 Å². The molecule has 1 N–H and O–H groups in total. The van der Waals surface area contributed by atoms with Crippen molar-refractivity contribution in [3.63, 3.8) is 0 Å². The van der Waals surface area contributed by atoms with Gasteiger partial charge in [-0.15, -0.1) is 0 Å². The summed E-state index contributed by atoms with van der Waals surface area (Å²) in [6, 6.07) is 0. The topological polar surface area (TPSA) is 20.2 Å². The van der Waals surface area contributed by atoms with E-state index >= 15 is 0 Å². The van der Waals surface area contributed by atoms with Crippen LogP contribution in [0.4, 0.5) is 0 Å². The maximum absolute atomic E-state index is 9.33. The second-order valence-electron chi connectivity index (χ2n) is 13.0. The fourth-order valence-corrected chi connectivity index (χ4v) is 9.53. The number of hydrogen-bond acceptors (Lipinski definition) is 1. The van der Waals surface area contributed by atoms with Crippen molar-refractivity contribution < 1.29 is 5.11 Å². The molecule has 0 aromatic rings. The van der Waals surface area contributed by atoms with Gasteiger partial charge in [0.05, 0.1) is 0 Å². The summed E-state index contributed by atoms with van der Waals surface area (Å²) in [4.78, 5) is 0. The predicted octanol–water partition coefficient (Wildman–Crippen LogP) is 7.72. The molecule has 0 aromatic carbocycles. The third-order valence-electron chi connectivity index (χ3n) is 11.4. The summed E-state index contributed by atoms with van der Waals surface area (Å²) >= 11 is 0. The fraction of sp³-hybridized carbons (Fsp3) is 1.00. The summed E-state index contributed by atoms with van der Waals surface area (Å²) in [5, 5.41) is 9.33. The average molecular weight is 403 g/mol. The normalized spacial score (nSPS) is 49.0. The summed E-state index contributed by atoms with van der Waals surface area (Å²) in [7, 11) is 0. The molecule has 4 aliphatic carbocycles. The standard InChI is InChI=1S/C28H50O/c1-19-13-15-27(4)22(17-19)9-10-23-25-12-11-24(28(25,5)16-14-26(23)27)21(3)8-6-7-20(2)18-29/h19-26,29H,6-18H2,1-5H3/t19?,20?,21-,22?,23+,24-,25+,26+,27+,28-/m1/s1. The van der Waals surface area contributed by atoms with Crippen molar-refractivity contribution in [2.24, 2.45) is 58.2 Å². The molecule has 0 bridgehead atoms. The molecule has 3 unspecified atom stereocenters. The van der Waals surface area contributed by atoms with E-state index in [-0.39, 0.29) is 0 Å². The predicted molar refractivity (Wildman–Crippen MR) is 124 cm³/mol. The summed E-state index contributed by atoms with van der Waals surface area (Å²) in [6.45, 7) is 13.1. The molecule has 0 amide bonds. The maximum atomic E-state index is 9.33. The quantitative estimate of drug-likeness (QED) is 0.482. The molecule has 29 heavy (non-hydrogen) atoms. The minimum atomic E-state index is 0.360. The van der Waals surface area contributed by atoms with Gasteiger partial charge in [0, 0.05) is 6.61 Å². The highest BCUT2D eigenvalue weighted by atomic mass is 16.3. The van der Waals surface area contributed by atoms with Gasteiger partial charge in [0.2, 0.25) is 0 Å². The third kappa shape index (κ3) is 3.85.